The Bertz CT molecular complexity index is 1080. The highest BCUT2D eigenvalue weighted by molar-refractivity contribution is 6.09. The number of nitrogens with one attached hydrogen (secondary N) is 1. The lowest BCUT2D eigenvalue weighted by Gasteiger charge is -2.15. The summed E-state index contributed by atoms with van der Waals surface area (Å²) in [5, 5.41) is 1.85. The van der Waals surface area contributed by atoms with E-state index in [0.29, 0.717) is 5.56 Å². The van der Waals surface area contributed by atoms with E-state index >= 15 is 0 Å². The molecule has 0 spiro atoms. The zero-order chi connectivity index (χ0) is 23.5. The molecule has 1 atom stereocenters. The number of imide groups is 1. The largest absolute Gasteiger partial charge is 0.468 e. The van der Waals surface area contributed by atoms with E-state index in [-0.39, 0.29) is 17.7 Å². The Balaban J connectivity index is 1.82. The first-order valence-corrected chi connectivity index (χ1v) is 9.13. The number of amides is 2. The summed E-state index contributed by atoms with van der Waals surface area (Å²) in [6, 6.07) is 8.28. The summed E-state index contributed by atoms with van der Waals surface area (Å²) in [5.74, 6) is -2.19. The van der Waals surface area contributed by atoms with Gasteiger partial charge in [0.15, 0.2) is 5.76 Å². The minimum atomic E-state index is -4.76. The lowest BCUT2D eigenvalue weighted by Crippen LogP contribution is -2.33. The normalized spacial score (nSPS) is 15.8. The van der Waals surface area contributed by atoms with Crippen molar-refractivity contribution in [1.82, 2.24) is 5.32 Å². The predicted molar refractivity (Wildman–Crippen MR) is 104 cm³/mol. The van der Waals surface area contributed by atoms with Crippen LogP contribution < -0.4 is 15.8 Å². The number of methoxy groups -OCH3 is 1. The Morgan fingerprint density at radius 2 is 1.88 bits per heavy atom. The maximum Gasteiger partial charge on any atom is 0.420 e. The summed E-state index contributed by atoms with van der Waals surface area (Å²) in [5.41, 5.74) is 5.25. The number of nitrogens with two attached hydrogens (primary N) is 1. The predicted octanol–water partition coefficient (Wildman–Crippen LogP) is 3.15. The molecule has 11 heteroatoms. The second kappa shape index (κ2) is 9.10. The van der Waals surface area contributed by atoms with E-state index in [0.717, 1.165) is 18.2 Å². The van der Waals surface area contributed by atoms with Gasteiger partial charge in [0.25, 0.3) is 5.91 Å². The summed E-state index contributed by atoms with van der Waals surface area (Å²) in [4.78, 5) is 34.0. The van der Waals surface area contributed by atoms with Gasteiger partial charge in [0.2, 0.25) is 0 Å². The van der Waals surface area contributed by atoms with E-state index in [1.54, 1.807) is 12.1 Å². The van der Waals surface area contributed by atoms with Crippen LogP contribution in [0.4, 0.5) is 18.0 Å². The van der Waals surface area contributed by atoms with Gasteiger partial charge in [-0.1, -0.05) is 18.2 Å². The second-order valence-electron chi connectivity index (χ2n) is 6.69. The minimum Gasteiger partial charge on any atom is -0.468 e. The molecule has 1 aliphatic rings. The van der Waals surface area contributed by atoms with Crippen LogP contribution in [-0.2, 0) is 31.7 Å². The maximum absolute atomic E-state index is 13.6. The third kappa shape index (κ3) is 5.43. The number of hydrogen-bond donors (Lipinski definition) is 2. The Morgan fingerprint density at radius 1 is 1.19 bits per heavy atom. The van der Waals surface area contributed by atoms with Gasteiger partial charge in [0, 0.05) is 0 Å². The Kier molecular flexibility index (Phi) is 6.49. The van der Waals surface area contributed by atoms with E-state index in [1.165, 1.54) is 25.3 Å². The SMILES string of the molecule is COC(=O)C(N)Cc1ccc(Oc2ccc(/C=C3\OC(=O)NC3=O)cc2C(F)(F)F)cc1. The number of esters is 1. The van der Waals surface area contributed by atoms with Crippen LogP contribution in [0.3, 0.4) is 0 Å². The number of hydrogen-bond acceptors (Lipinski definition) is 7. The van der Waals surface area contributed by atoms with Gasteiger partial charge in [-0.2, -0.15) is 13.2 Å². The molecule has 3 N–H and O–H groups in total. The maximum atomic E-state index is 13.6. The molecule has 0 bridgehead atoms. The van der Waals surface area contributed by atoms with Crippen LogP contribution in [0.5, 0.6) is 11.5 Å². The molecule has 2 aromatic carbocycles. The van der Waals surface area contributed by atoms with Gasteiger partial charge in [-0.3, -0.25) is 14.9 Å². The molecule has 2 aromatic rings. The van der Waals surface area contributed by atoms with Crippen molar-refractivity contribution in [3.05, 3.63) is 64.9 Å². The van der Waals surface area contributed by atoms with Gasteiger partial charge in [-0.25, -0.2) is 4.79 Å². The fourth-order valence-electron chi connectivity index (χ4n) is 2.83. The summed E-state index contributed by atoms with van der Waals surface area (Å²) < 4.78 is 55.3. The number of alkyl carbamates (subject to hydrolysis) is 1. The smallest absolute Gasteiger partial charge is 0.420 e. The van der Waals surface area contributed by atoms with Crippen LogP contribution >= 0.6 is 0 Å². The quantitative estimate of drug-likeness (QED) is 0.513. The van der Waals surface area contributed by atoms with Gasteiger partial charge >= 0.3 is 18.2 Å². The summed E-state index contributed by atoms with van der Waals surface area (Å²) in [6.07, 6.45) is -4.57. The van der Waals surface area contributed by atoms with E-state index < -0.39 is 47.3 Å². The molecule has 0 radical (unpaired) electrons. The number of cyclic esters (lactones) is 1. The van der Waals surface area contributed by atoms with Crippen molar-refractivity contribution >= 4 is 24.0 Å². The molecule has 0 aliphatic carbocycles. The van der Waals surface area contributed by atoms with Crippen LogP contribution in [0.25, 0.3) is 6.08 Å². The molecule has 0 saturated carbocycles. The summed E-state index contributed by atoms with van der Waals surface area (Å²) in [7, 11) is 1.22. The monoisotopic (exact) mass is 450 g/mol. The van der Waals surface area contributed by atoms with Crippen molar-refractivity contribution in [2.24, 2.45) is 5.73 Å². The molecule has 0 aromatic heterocycles. The van der Waals surface area contributed by atoms with Crippen molar-refractivity contribution in [3.8, 4) is 11.5 Å². The van der Waals surface area contributed by atoms with Gasteiger partial charge in [0.05, 0.1) is 12.7 Å². The van der Waals surface area contributed by atoms with Gasteiger partial charge in [0.1, 0.15) is 17.5 Å². The van der Waals surface area contributed by atoms with Crippen LogP contribution in [0.15, 0.2) is 48.2 Å². The molecule has 3 rings (SSSR count). The highest BCUT2D eigenvalue weighted by Crippen LogP contribution is 2.39. The van der Waals surface area contributed by atoms with E-state index in [9.17, 15) is 27.6 Å². The molecule has 1 saturated heterocycles. The standard InChI is InChI=1S/C21H17F3N2O6/c1-30-19(28)15(25)9-11-2-5-13(6-3-11)31-16-7-4-12(8-14(16)21(22,23)24)10-17-18(27)26-20(29)32-17/h2-8,10,15H,9,25H2,1H3,(H,26,27,29)/b17-10-. The van der Waals surface area contributed by atoms with Crippen LogP contribution in [0.2, 0.25) is 0 Å². The Morgan fingerprint density at radius 3 is 2.44 bits per heavy atom. The molecule has 1 unspecified atom stereocenters. The lowest BCUT2D eigenvalue weighted by atomic mass is 10.1. The number of rotatable bonds is 6. The number of alkyl halides is 3. The zero-order valence-electron chi connectivity index (χ0n) is 16.6. The first kappa shape index (κ1) is 22.8. The van der Waals surface area contributed by atoms with Crippen molar-refractivity contribution in [2.45, 2.75) is 18.6 Å². The molecular weight excluding hydrogens is 433 g/mol. The average molecular weight is 450 g/mol. The molecule has 2 amide bonds. The number of carbonyl (C=O) groups is 3. The summed E-state index contributed by atoms with van der Waals surface area (Å²) in [6.45, 7) is 0. The summed E-state index contributed by atoms with van der Waals surface area (Å²) >= 11 is 0. The Labute approximate surface area is 179 Å². The van der Waals surface area contributed by atoms with Crippen molar-refractivity contribution in [2.75, 3.05) is 7.11 Å². The fraction of sp³-hybridized carbons (Fsp3) is 0.190. The fourth-order valence-corrected chi connectivity index (χ4v) is 2.83. The zero-order valence-corrected chi connectivity index (χ0v) is 16.6. The van der Waals surface area contributed by atoms with Crippen LogP contribution in [0.1, 0.15) is 16.7 Å². The topological polar surface area (TPSA) is 117 Å². The van der Waals surface area contributed by atoms with Crippen LogP contribution in [0, 0.1) is 0 Å². The molecule has 8 nitrogen and oxygen atoms in total. The van der Waals surface area contributed by atoms with E-state index in [1.807, 2.05) is 5.32 Å². The molecule has 168 valence electrons. The lowest BCUT2D eigenvalue weighted by molar-refractivity contribution is -0.142. The highest BCUT2D eigenvalue weighted by atomic mass is 19.4. The van der Waals surface area contributed by atoms with E-state index in [4.69, 9.17) is 10.5 Å². The first-order chi connectivity index (χ1) is 15.1. The number of halogens is 3. The van der Waals surface area contributed by atoms with Crippen molar-refractivity contribution in [1.29, 1.82) is 0 Å². The van der Waals surface area contributed by atoms with Crippen molar-refractivity contribution in [3.63, 3.8) is 0 Å². The molecule has 1 heterocycles. The molecule has 1 fully saturated rings. The van der Waals surface area contributed by atoms with Crippen molar-refractivity contribution < 1.29 is 41.8 Å². The number of carbonyl (C=O) groups excluding carboxylic acids is 3. The first-order valence-electron chi connectivity index (χ1n) is 9.13. The van der Waals surface area contributed by atoms with Gasteiger partial charge in [-0.15, -0.1) is 0 Å². The molecule has 32 heavy (non-hydrogen) atoms. The minimum absolute atomic E-state index is 0.0170. The second-order valence-corrected chi connectivity index (χ2v) is 6.69. The number of benzene rings is 2. The molecule has 1 aliphatic heterocycles. The van der Waals surface area contributed by atoms with Crippen LogP contribution in [-0.4, -0.2) is 31.1 Å². The molecular formula is C21H17F3N2O6. The average Bonchev–Trinajstić information content (AvgIpc) is 3.05. The van der Waals surface area contributed by atoms with Gasteiger partial charge in [-0.05, 0) is 47.9 Å². The van der Waals surface area contributed by atoms with Gasteiger partial charge < -0.3 is 19.9 Å². The van der Waals surface area contributed by atoms with E-state index in [2.05, 4.69) is 9.47 Å². The highest BCUT2D eigenvalue weighted by Gasteiger charge is 2.35. The Hall–Kier alpha value is -3.86. The number of ether oxygens (including phenoxy) is 3. The third-order valence-corrected chi connectivity index (χ3v) is 4.36. The third-order valence-electron chi connectivity index (χ3n) is 4.36.